The van der Waals surface area contributed by atoms with Crippen molar-refractivity contribution in [1.29, 1.82) is 0 Å². The number of halogens is 1. The standard InChI is InChI=1S/C22H21FN4/c1-14-3-5-18(24-11-14)7-8-19-6-4-16(21(23)27-19)10-17-13-26-22-20(17)9-15(2)12-25-22/h3-6,9,11-13H,7-8,10H2,1-2H3,(H,25,26). The topological polar surface area (TPSA) is 54.5 Å². The first-order valence-electron chi connectivity index (χ1n) is 9.07. The third-order valence-corrected chi connectivity index (χ3v) is 4.73. The first-order valence-corrected chi connectivity index (χ1v) is 9.07. The van der Waals surface area contributed by atoms with Crippen LogP contribution in [0, 0.1) is 19.8 Å². The Labute approximate surface area is 157 Å². The van der Waals surface area contributed by atoms with E-state index in [0.717, 1.165) is 45.5 Å². The molecule has 0 saturated heterocycles. The monoisotopic (exact) mass is 360 g/mol. The number of nitrogens with one attached hydrogen (secondary N) is 1. The highest BCUT2D eigenvalue weighted by Crippen LogP contribution is 2.22. The second kappa shape index (κ2) is 7.27. The summed E-state index contributed by atoms with van der Waals surface area (Å²) < 4.78 is 14.5. The molecule has 0 aliphatic rings. The number of aromatic amines is 1. The van der Waals surface area contributed by atoms with Crippen LogP contribution in [-0.4, -0.2) is 19.9 Å². The van der Waals surface area contributed by atoms with Crippen molar-refractivity contribution in [2.45, 2.75) is 33.1 Å². The average Bonchev–Trinajstić information content (AvgIpc) is 3.05. The summed E-state index contributed by atoms with van der Waals surface area (Å²) in [5.41, 5.74) is 6.40. The lowest BCUT2D eigenvalue weighted by molar-refractivity contribution is 0.562. The van der Waals surface area contributed by atoms with Crippen molar-refractivity contribution in [2.24, 2.45) is 0 Å². The smallest absolute Gasteiger partial charge is 0.216 e. The predicted molar refractivity (Wildman–Crippen MR) is 104 cm³/mol. The number of rotatable bonds is 5. The molecule has 0 unspecified atom stereocenters. The van der Waals surface area contributed by atoms with E-state index in [4.69, 9.17) is 0 Å². The molecule has 0 aromatic carbocycles. The molecule has 0 saturated carbocycles. The van der Waals surface area contributed by atoms with E-state index in [1.165, 1.54) is 0 Å². The van der Waals surface area contributed by atoms with E-state index in [1.807, 2.05) is 56.7 Å². The zero-order chi connectivity index (χ0) is 18.8. The minimum absolute atomic E-state index is 0.403. The summed E-state index contributed by atoms with van der Waals surface area (Å²) in [7, 11) is 0. The van der Waals surface area contributed by atoms with Gasteiger partial charge in [0.25, 0.3) is 0 Å². The lowest BCUT2D eigenvalue weighted by Crippen LogP contribution is -2.02. The van der Waals surface area contributed by atoms with Crippen molar-refractivity contribution in [3.8, 4) is 0 Å². The second-order valence-corrected chi connectivity index (χ2v) is 6.98. The highest BCUT2D eigenvalue weighted by atomic mass is 19.1. The Bertz CT molecular complexity index is 1080. The number of hydrogen-bond donors (Lipinski definition) is 1. The first kappa shape index (κ1) is 17.3. The molecule has 0 radical (unpaired) electrons. The lowest BCUT2D eigenvalue weighted by atomic mass is 10.0. The van der Waals surface area contributed by atoms with Gasteiger partial charge in [-0.25, -0.2) is 9.97 Å². The van der Waals surface area contributed by atoms with Crippen LogP contribution in [0.5, 0.6) is 0 Å². The highest BCUT2D eigenvalue weighted by Gasteiger charge is 2.11. The fourth-order valence-electron chi connectivity index (χ4n) is 3.19. The molecule has 0 spiro atoms. The molecule has 0 aliphatic heterocycles. The second-order valence-electron chi connectivity index (χ2n) is 6.98. The first-order chi connectivity index (χ1) is 13.1. The van der Waals surface area contributed by atoms with E-state index in [9.17, 15) is 4.39 Å². The Hall–Kier alpha value is -3.08. The molecule has 0 amide bonds. The lowest BCUT2D eigenvalue weighted by Gasteiger charge is -2.06. The van der Waals surface area contributed by atoms with Gasteiger partial charge in [-0.3, -0.25) is 4.98 Å². The maximum Gasteiger partial charge on any atom is 0.216 e. The summed E-state index contributed by atoms with van der Waals surface area (Å²) in [5.74, 6) is -0.403. The number of pyridine rings is 3. The van der Waals surface area contributed by atoms with Crippen molar-refractivity contribution in [2.75, 3.05) is 0 Å². The number of fused-ring (bicyclic) bond motifs is 1. The number of aryl methyl sites for hydroxylation is 4. The van der Waals surface area contributed by atoms with Gasteiger partial charge < -0.3 is 4.98 Å². The minimum atomic E-state index is -0.403. The van der Waals surface area contributed by atoms with Crippen LogP contribution < -0.4 is 0 Å². The van der Waals surface area contributed by atoms with Gasteiger partial charge in [-0.1, -0.05) is 12.1 Å². The van der Waals surface area contributed by atoms with Crippen molar-refractivity contribution in [3.63, 3.8) is 0 Å². The number of H-pyrrole nitrogens is 1. The van der Waals surface area contributed by atoms with Crippen molar-refractivity contribution in [3.05, 3.63) is 88.5 Å². The fraction of sp³-hybridized carbons (Fsp3) is 0.227. The molecule has 136 valence electrons. The van der Waals surface area contributed by atoms with Crippen LogP contribution in [0.2, 0.25) is 0 Å². The molecule has 4 nitrogen and oxygen atoms in total. The van der Waals surface area contributed by atoms with E-state index in [1.54, 1.807) is 0 Å². The quantitative estimate of drug-likeness (QED) is 0.534. The van der Waals surface area contributed by atoms with Crippen LogP contribution in [0.1, 0.15) is 33.6 Å². The van der Waals surface area contributed by atoms with Gasteiger partial charge in [0.05, 0.1) is 0 Å². The summed E-state index contributed by atoms with van der Waals surface area (Å²) >= 11 is 0. The van der Waals surface area contributed by atoms with E-state index in [-0.39, 0.29) is 0 Å². The molecular formula is C22H21FN4. The van der Waals surface area contributed by atoms with Gasteiger partial charge in [-0.05, 0) is 61.6 Å². The third-order valence-electron chi connectivity index (χ3n) is 4.73. The number of aromatic nitrogens is 4. The van der Waals surface area contributed by atoms with Gasteiger partial charge >= 0.3 is 0 Å². The molecule has 0 fully saturated rings. The van der Waals surface area contributed by atoms with E-state index < -0.39 is 5.95 Å². The Balaban J connectivity index is 1.49. The average molecular weight is 360 g/mol. The Morgan fingerprint density at radius 2 is 1.67 bits per heavy atom. The summed E-state index contributed by atoms with van der Waals surface area (Å²) in [5, 5.41) is 1.03. The van der Waals surface area contributed by atoms with Crippen molar-refractivity contribution >= 4 is 11.0 Å². The largest absolute Gasteiger partial charge is 0.346 e. The highest BCUT2D eigenvalue weighted by molar-refractivity contribution is 5.80. The zero-order valence-electron chi connectivity index (χ0n) is 15.5. The molecule has 0 aliphatic carbocycles. The molecule has 4 aromatic rings. The molecule has 27 heavy (non-hydrogen) atoms. The molecular weight excluding hydrogens is 339 g/mol. The van der Waals surface area contributed by atoms with Gasteiger partial charge in [0, 0.05) is 47.3 Å². The molecule has 0 atom stereocenters. The van der Waals surface area contributed by atoms with Gasteiger partial charge in [-0.15, -0.1) is 0 Å². The number of nitrogens with zero attached hydrogens (tertiary/aromatic N) is 3. The maximum absolute atomic E-state index is 14.5. The molecule has 5 heteroatoms. The molecule has 4 rings (SSSR count). The predicted octanol–water partition coefficient (Wildman–Crippen LogP) is 4.48. The van der Waals surface area contributed by atoms with Crippen LogP contribution in [0.15, 0.2) is 48.9 Å². The Morgan fingerprint density at radius 3 is 2.44 bits per heavy atom. The normalized spacial score (nSPS) is 11.2. The molecule has 4 heterocycles. The van der Waals surface area contributed by atoms with E-state index >= 15 is 0 Å². The molecule has 1 N–H and O–H groups in total. The maximum atomic E-state index is 14.5. The van der Waals surface area contributed by atoms with Gasteiger partial charge in [0.2, 0.25) is 5.95 Å². The van der Waals surface area contributed by atoms with Crippen LogP contribution in [-0.2, 0) is 19.3 Å². The van der Waals surface area contributed by atoms with Crippen LogP contribution in [0.4, 0.5) is 4.39 Å². The van der Waals surface area contributed by atoms with Crippen molar-refractivity contribution < 1.29 is 4.39 Å². The van der Waals surface area contributed by atoms with Crippen LogP contribution >= 0.6 is 0 Å². The Kier molecular flexibility index (Phi) is 4.67. The molecule has 4 aromatic heterocycles. The SMILES string of the molecule is Cc1ccc(CCc2ccc(Cc3c[nH]c4ncc(C)cc34)c(F)n2)nc1. The van der Waals surface area contributed by atoms with Crippen LogP contribution in [0.25, 0.3) is 11.0 Å². The van der Waals surface area contributed by atoms with Crippen molar-refractivity contribution in [1.82, 2.24) is 19.9 Å². The number of hydrogen-bond acceptors (Lipinski definition) is 3. The fourth-order valence-corrected chi connectivity index (χ4v) is 3.19. The summed E-state index contributed by atoms with van der Waals surface area (Å²) in [6.07, 6.45) is 7.48. The zero-order valence-corrected chi connectivity index (χ0v) is 15.5. The van der Waals surface area contributed by atoms with E-state index in [2.05, 4.69) is 26.0 Å². The summed E-state index contributed by atoms with van der Waals surface area (Å²) in [4.78, 5) is 16.1. The Morgan fingerprint density at radius 1 is 0.889 bits per heavy atom. The summed E-state index contributed by atoms with van der Waals surface area (Å²) in [6.45, 7) is 4.01. The van der Waals surface area contributed by atoms with Gasteiger partial charge in [-0.2, -0.15) is 4.39 Å². The van der Waals surface area contributed by atoms with Crippen LogP contribution in [0.3, 0.4) is 0 Å². The van der Waals surface area contributed by atoms with Gasteiger partial charge in [0.1, 0.15) is 5.65 Å². The van der Waals surface area contributed by atoms with Gasteiger partial charge in [0.15, 0.2) is 0 Å². The molecule has 0 bridgehead atoms. The third kappa shape index (κ3) is 3.87. The minimum Gasteiger partial charge on any atom is -0.346 e. The summed E-state index contributed by atoms with van der Waals surface area (Å²) in [6, 6.07) is 9.86. The van der Waals surface area contributed by atoms with E-state index in [0.29, 0.717) is 18.4 Å².